The summed E-state index contributed by atoms with van der Waals surface area (Å²) in [5.74, 6) is -0.183. The smallest absolute Gasteiger partial charge is 0.387 e. The number of carbonyl (C=O) groups is 1. The Kier molecular flexibility index (Phi) is 56.1. The number of likely N-dealkylation sites (N-methyl/N-ethyl adjacent to an activating group) is 1. The van der Waals surface area contributed by atoms with Gasteiger partial charge in [0.1, 0.15) is 13.2 Å². The first-order chi connectivity index (χ1) is 37.0. The van der Waals surface area contributed by atoms with E-state index in [0.29, 0.717) is 17.4 Å². The fourth-order valence-corrected chi connectivity index (χ4v) is 10.1. The zero-order valence-corrected chi connectivity index (χ0v) is 51.6. The number of aliphatic hydroxyl groups is 1. The molecule has 3 atom stereocenters. The quantitative estimate of drug-likeness (QED) is 0.0243. The molecule has 0 heterocycles. The van der Waals surface area contributed by atoms with Gasteiger partial charge in [-0.3, -0.25) is 13.8 Å². The van der Waals surface area contributed by atoms with Gasteiger partial charge >= 0.3 is 7.82 Å². The molecule has 0 aromatic carbocycles. The first-order valence-electron chi connectivity index (χ1n) is 32.3. The van der Waals surface area contributed by atoms with Crippen molar-refractivity contribution in [2.45, 2.75) is 309 Å². The van der Waals surface area contributed by atoms with E-state index >= 15 is 0 Å². The molecule has 8 nitrogen and oxygen atoms in total. The van der Waals surface area contributed by atoms with Crippen molar-refractivity contribution in [1.29, 1.82) is 0 Å². The number of nitrogens with one attached hydrogen (secondary N) is 1. The summed E-state index contributed by atoms with van der Waals surface area (Å²) in [5, 5.41) is 13.9. The maximum atomic E-state index is 13.0. The summed E-state index contributed by atoms with van der Waals surface area (Å²) in [6.45, 7) is 4.71. The van der Waals surface area contributed by atoms with Gasteiger partial charge in [-0.15, -0.1) is 0 Å². The predicted octanol–water partition coefficient (Wildman–Crippen LogP) is 20.2. The van der Waals surface area contributed by atoms with Crippen molar-refractivity contribution >= 4 is 13.7 Å². The van der Waals surface area contributed by atoms with E-state index in [-0.39, 0.29) is 19.1 Å². The topological polar surface area (TPSA) is 105 Å². The molecule has 0 bridgehead atoms. The number of quaternary nitrogens is 1. The molecule has 9 heteroatoms. The van der Waals surface area contributed by atoms with Crippen LogP contribution in [0.4, 0.5) is 0 Å². The molecule has 0 aliphatic heterocycles. The molecule has 1 amide bonds. The average molecular weight is 1090 g/mol. The number of amides is 1. The van der Waals surface area contributed by atoms with Gasteiger partial charge in [-0.25, -0.2) is 4.57 Å². The van der Waals surface area contributed by atoms with E-state index in [9.17, 15) is 19.4 Å². The van der Waals surface area contributed by atoms with Crippen LogP contribution in [0.25, 0.3) is 0 Å². The van der Waals surface area contributed by atoms with Crippen LogP contribution in [-0.2, 0) is 18.4 Å². The summed E-state index contributed by atoms with van der Waals surface area (Å²) in [6.07, 6.45) is 80.4. The van der Waals surface area contributed by atoms with E-state index in [0.717, 1.165) is 64.2 Å². The molecule has 0 aliphatic rings. The molecule has 0 fully saturated rings. The zero-order chi connectivity index (χ0) is 55.6. The lowest BCUT2D eigenvalue weighted by atomic mass is 10.0. The van der Waals surface area contributed by atoms with Crippen LogP contribution >= 0.6 is 7.82 Å². The summed E-state index contributed by atoms with van der Waals surface area (Å²) in [4.78, 5) is 23.3. The number of hydrogen-bond acceptors (Lipinski definition) is 5. The van der Waals surface area contributed by atoms with Crippen molar-refractivity contribution in [2.75, 3.05) is 40.9 Å². The lowest BCUT2D eigenvalue weighted by Gasteiger charge is -2.25. The molecule has 3 unspecified atom stereocenters. The first kappa shape index (κ1) is 73.9. The highest BCUT2D eigenvalue weighted by Crippen LogP contribution is 2.43. The highest BCUT2D eigenvalue weighted by Gasteiger charge is 2.27. The Hall–Kier alpha value is -2.06. The first-order valence-corrected chi connectivity index (χ1v) is 33.8. The number of unbranched alkanes of at least 4 members (excludes halogenated alkanes) is 36. The molecule has 0 aromatic rings. The van der Waals surface area contributed by atoms with E-state index < -0.39 is 20.0 Å². The molecule has 0 spiro atoms. The van der Waals surface area contributed by atoms with Gasteiger partial charge in [0, 0.05) is 6.42 Å². The molecule has 76 heavy (non-hydrogen) atoms. The van der Waals surface area contributed by atoms with Crippen LogP contribution in [0.15, 0.2) is 72.9 Å². The molecule has 0 aliphatic carbocycles. The highest BCUT2D eigenvalue weighted by molar-refractivity contribution is 7.47. The molecule has 3 N–H and O–H groups in total. The van der Waals surface area contributed by atoms with Crippen molar-refractivity contribution in [3.05, 3.63) is 72.9 Å². The molecule has 0 saturated heterocycles. The van der Waals surface area contributed by atoms with E-state index in [2.05, 4.69) is 79.9 Å². The number of phosphoric ester groups is 1. The van der Waals surface area contributed by atoms with Gasteiger partial charge in [0.05, 0.1) is 39.9 Å². The second-order valence-electron chi connectivity index (χ2n) is 23.1. The van der Waals surface area contributed by atoms with Crippen molar-refractivity contribution in [1.82, 2.24) is 5.32 Å². The van der Waals surface area contributed by atoms with Crippen LogP contribution < -0.4 is 5.32 Å². The van der Waals surface area contributed by atoms with Gasteiger partial charge < -0.3 is 19.8 Å². The minimum Gasteiger partial charge on any atom is -0.387 e. The molecule has 0 saturated carbocycles. The van der Waals surface area contributed by atoms with Gasteiger partial charge in [-0.05, 0) is 70.6 Å². The van der Waals surface area contributed by atoms with Crippen LogP contribution in [0.1, 0.15) is 296 Å². The summed E-state index contributed by atoms with van der Waals surface area (Å²) in [7, 11) is 1.56. The average Bonchev–Trinajstić information content (AvgIpc) is 3.38. The Morgan fingerprint density at radius 1 is 0.461 bits per heavy atom. The fourth-order valence-electron chi connectivity index (χ4n) is 9.41. The minimum absolute atomic E-state index is 0.0563. The van der Waals surface area contributed by atoms with E-state index in [1.807, 2.05) is 27.2 Å². The highest BCUT2D eigenvalue weighted by atomic mass is 31.2. The Morgan fingerprint density at radius 3 is 1.21 bits per heavy atom. The fraction of sp³-hybridized carbons (Fsp3) is 0.806. The Bertz CT molecular complexity index is 1470. The van der Waals surface area contributed by atoms with Crippen molar-refractivity contribution in [3.8, 4) is 0 Å². The summed E-state index contributed by atoms with van der Waals surface area (Å²) in [5.41, 5.74) is 0. The molecule has 444 valence electrons. The van der Waals surface area contributed by atoms with Crippen LogP contribution in [0.5, 0.6) is 0 Å². The van der Waals surface area contributed by atoms with Gasteiger partial charge in [-0.1, -0.05) is 292 Å². The molecule has 0 aromatic heterocycles. The van der Waals surface area contributed by atoms with Crippen molar-refractivity contribution < 1.29 is 32.9 Å². The van der Waals surface area contributed by atoms with Gasteiger partial charge in [-0.2, -0.15) is 0 Å². The third-order valence-corrected chi connectivity index (χ3v) is 15.4. The Labute approximate surface area is 472 Å². The largest absolute Gasteiger partial charge is 0.472 e. The normalized spacial score (nSPS) is 14.2. The number of rotatable bonds is 59. The standard InChI is InChI=1S/C67H125N2O6P/c1-6-8-10-12-14-16-18-20-22-24-25-26-27-28-29-30-31-32-33-34-35-36-37-38-39-40-41-42-43-45-47-49-51-53-55-57-59-61-67(71)68-65(64-75-76(72,73)74-63-62-69(3,4)5)66(70)60-58-56-54-52-50-48-46-44-23-21-19-17-15-13-11-9-7-2/h8,10,14,16,20,22,25-26,50,52,58,60,65-66,70H,6-7,9,11-13,15,17-19,21,23-24,27-49,51,53-57,59,61-64H2,1-5H3,(H-,68,71,72,73)/p+1/b10-8-,16-14-,22-20-,26-25-,52-50+,60-58+. The summed E-state index contributed by atoms with van der Waals surface area (Å²) < 4.78 is 23.7. The van der Waals surface area contributed by atoms with Gasteiger partial charge in [0.15, 0.2) is 0 Å². The predicted molar refractivity (Wildman–Crippen MR) is 332 cm³/mol. The van der Waals surface area contributed by atoms with E-state index in [1.54, 1.807) is 6.08 Å². The Morgan fingerprint density at radius 2 is 0.803 bits per heavy atom. The number of hydrogen-bond donors (Lipinski definition) is 3. The monoisotopic (exact) mass is 1090 g/mol. The molecule has 0 rings (SSSR count). The Balaban J connectivity index is 3.99. The zero-order valence-electron chi connectivity index (χ0n) is 50.7. The van der Waals surface area contributed by atoms with Crippen molar-refractivity contribution in [3.63, 3.8) is 0 Å². The summed E-state index contributed by atoms with van der Waals surface area (Å²) in [6, 6.07) is -0.864. The number of carbonyl (C=O) groups excluding carboxylic acids is 1. The van der Waals surface area contributed by atoms with Crippen LogP contribution in [0, 0.1) is 0 Å². The van der Waals surface area contributed by atoms with Crippen LogP contribution in [-0.4, -0.2) is 73.4 Å². The van der Waals surface area contributed by atoms with E-state index in [1.165, 1.54) is 212 Å². The number of phosphoric acid groups is 1. The third-order valence-electron chi connectivity index (χ3n) is 14.4. The van der Waals surface area contributed by atoms with Gasteiger partial charge in [0.25, 0.3) is 0 Å². The third kappa shape index (κ3) is 59.6. The molecular formula is C67H126N2O6P+. The summed E-state index contributed by atoms with van der Waals surface area (Å²) >= 11 is 0. The van der Waals surface area contributed by atoms with Crippen LogP contribution in [0.3, 0.4) is 0 Å². The maximum Gasteiger partial charge on any atom is 0.472 e. The van der Waals surface area contributed by atoms with Crippen LogP contribution in [0.2, 0.25) is 0 Å². The second-order valence-corrected chi connectivity index (χ2v) is 24.6. The lowest BCUT2D eigenvalue weighted by Crippen LogP contribution is -2.45. The maximum absolute atomic E-state index is 13.0. The number of allylic oxidation sites excluding steroid dienone is 11. The number of aliphatic hydroxyl groups excluding tert-OH is 1. The molecule has 0 radical (unpaired) electrons. The minimum atomic E-state index is -4.36. The SMILES string of the molecule is CC/C=C\C/C=C\C/C=C\C/C=C\CCCCCCCCCCCCCCCCCCCCCCCCCCC(=O)NC(COP(=O)(O)OCC[N+](C)(C)C)C(O)/C=C/CC/C=C/CCCCCCCCCCCCC. The molecular weight excluding hydrogens is 960 g/mol. The van der Waals surface area contributed by atoms with Crippen molar-refractivity contribution in [2.24, 2.45) is 0 Å². The number of nitrogens with zero attached hydrogens (tertiary/aromatic N) is 1. The second kappa shape index (κ2) is 57.6. The van der Waals surface area contributed by atoms with Gasteiger partial charge in [0.2, 0.25) is 5.91 Å². The van der Waals surface area contributed by atoms with E-state index in [4.69, 9.17) is 9.05 Å². The lowest BCUT2D eigenvalue weighted by molar-refractivity contribution is -0.870.